The van der Waals surface area contributed by atoms with Crippen molar-refractivity contribution in [3.8, 4) is 0 Å². The van der Waals surface area contributed by atoms with Gasteiger partial charge in [0.1, 0.15) is 0 Å². The van der Waals surface area contributed by atoms with Crippen molar-refractivity contribution < 1.29 is 6.15 Å². The van der Waals surface area contributed by atoms with Gasteiger partial charge in [-0.3, -0.25) is 0 Å². The van der Waals surface area contributed by atoms with Crippen LogP contribution in [0, 0.1) is 0 Å². The van der Waals surface area contributed by atoms with E-state index in [0.717, 1.165) is 13.2 Å². The van der Waals surface area contributed by atoms with E-state index in [4.69, 9.17) is 6.15 Å². The van der Waals surface area contributed by atoms with E-state index in [1.54, 1.807) is 0 Å². The Morgan fingerprint density at radius 1 is 0.579 bits per heavy atom. The van der Waals surface area contributed by atoms with Crippen LogP contribution in [0.25, 0.3) is 0 Å². The summed E-state index contributed by atoms with van der Waals surface area (Å²) in [5.74, 6) is 0. The molecule has 0 heterocycles. The molecule has 0 radical (unpaired) electrons. The average Bonchev–Trinajstić information content (AvgIpc) is 2.38. The van der Waals surface area contributed by atoms with Crippen molar-refractivity contribution in [2.75, 3.05) is 13.2 Å². The van der Waals surface area contributed by atoms with Crippen LogP contribution in [0.3, 0.4) is 0 Å². The first-order valence-corrected chi connectivity index (χ1v) is 16.4. The summed E-state index contributed by atoms with van der Waals surface area (Å²) < 4.78 is 12.1. The van der Waals surface area contributed by atoms with Crippen molar-refractivity contribution >= 4 is 19.2 Å². The molecule has 0 aromatic rings. The molecular formula is C16H36O2Sn. The SMILES string of the molecule is CCCCCCC[O][Sn]([CH3])([CH3])[O]CCCCCCC. The summed E-state index contributed by atoms with van der Waals surface area (Å²) in [6, 6.07) is 0. The van der Waals surface area contributed by atoms with Gasteiger partial charge in [-0.25, -0.2) is 0 Å². The molecule has 0 spiro atoms. The number of unbranched alkanes of at least 4 members (excludes halogenated alkanes) is 8. The standard InChI is InChI=1S/2C7H15O.2CH3.Sn/c2*1-2-3-4-5-6-7-8;;;/h2*2-7H2,1H3;2*1H3;/q2*-1;;;+2. The van der Waals surface area contributed by atoms with Crippen LogP contribution in [0.2, 0.25) is 9.88 Å². The zero-order chi connectivity index (χ0) is 14.4. The Hall–Kier alpha value is 0.719. The van der Waals surface area contributed by atoms with Gasteiger partial charge in [0.2, 0.25) is 0 Å². The van der Waals surface area contributed by atoms with E-state index in [1.807, 2.05) is 0 Å². The second-order valence-corrected chi connectivity index (χ2v) is 15.6. The van der Waals surface area contributed by atoms with Crippen molar-refractivity contribution in [3.63, 3.8) is 0 Å². The van der Waals surface area contributed by atoms with Crippen LogP contribution in [0.4, 0.5) is 0 Å². The fraction of sp³-hybridized carbons (Fsp3) is 1.00. The second kappa shape index (κ2) is 13.7. The third-order valence-electron chi connectivity index (χ3n) is 3.40. The molecule has 0 unspecified atom stereocenters. The Morgan fingerprint density at radius 2 is 0.947 bits per heavy atom. The third kappa shape index (κ3) is 14.9. The minimum atomic E-state index is -2.57. The van der Waals surface area contributed by atoms with E-state index in [2.05, 4.69) is 23.7 Å². The Bertz CT molecular complexity index is 166. The molecule has 0 aliphatic heterocycles. The van der Waals surface area contributed by atoms with Gasteiger partial charge >= 0.3 is 127 Å². The molecule has 0 saturated heterocycles. The Balaban J connectivity index is 3.36. The van der Waals surface area contributed by atoms with Gasteiger partial charge in [0.15, 0.2) is 0 Å². The first-order chi connectivity index (χ1) is 9.12. The molecule has 0 bridgehead atoms. The maximum atomic E-state index is 6.03. The van der Waals surface area contributed by atoms with Crippen LogP contribution in [0.15, 0.2) is 0 Å². The van der Waals surface area contributed by atoms with Crippen LogP contribution in [-0.2, 0) is 6.15 Å². The Kier molecular flexibility index (Phi) is 14.2. The van der Waals surface area contributed by atoms with Gasteiger partial charge < -0.3 is 0 Å². The van der Waals surface area contributed by atoms with Gasteiger partial charge in [0.05, 0.1) is 0 Å². The average molecular weight is 379 g/mol. The molecular weight excluding hydrogens is 343 g/mol. The van der Waals surface area contributed by atoms with Gasteiger partial charge in [-0.1, -0.05) is 0 Å². The van der Waals surface area contributed by atoms with Crippen molar-refractivity contribution in [3.05, 3.63) is 0 Å². The fourth-order valence-corrected chi connectivity index (χ4v) is 5.96. The van der Waals surface area contributed by atoms with Crippen LogP contribution in [0.1, 0.15) is 78.1 Å². The molecule has 0 amide bonds. The molecule has 116 valence electrons. The Morgan fingerprint density at radius 3 is 1.32 bits per heavy atom. The summed E-state index contributed by atoms with van der Waals surface area (Å²) in [5.41, 5.74) is 0. The van der Waals surface area contributed by atoms with Gasteiger partial charge in [-0.15, -0.1) is 0 Å². The van der Waals surface area contributed by atoms with E-state index in [9.17, 15) is 0 Å². The zero-order valence-electron chi connectivity index (χ0n) is 13.8. The quantitative estimate of drug-likeness (QED) is 0.286. The van der Waals surface area contributed by atoms with Crippen molar-refractivity contribution in [2.45, 2.75) is 87.9 Å². The molecule has 0 rings (SSSR count). The molecule has 0 aliphatic rings. The van der Waals surface area contributed by atoms with Crippen LogP contribution in [-0.4, -0.2) is 32.4 Å². The molecule has 0 N–H and O–H groups in total. The number of hydrogen-bond donors (Lipinski definition) is 0. The van der Waals surface area contributed by atoms with E-state index >= 15 is 0 Å². The van der Waals surface area contributed by atoms with Gasteiger partial charge in [-0.05, 0) is 0 Å². The molecule has 19 heavy (non-hydrogen) atoms. The Labute approximate surface area is 126 Å². The van der Waals surface area contributed by atoms with Gasteiger partial charge in [0, 0.05) is 0 Å². The van der Waals surface area contributed by atoms with Crippen LogP contribution in [0.5, 0.6) is 0 Å². The first kappa shape index (κ1) is 19.7. The summed E-state index contributed by atoms with van der Waals surface area (Å²) >= 11 is -2.57. The summed E-state index contributed by atoms with van der Waals surface area (Å²) in [6.45, 7) is 6.35. The normalized spacial score (nSPS) is 12.0. The second-order valence-electron chi connectivity index (χ2n) is 5.93. The summed E-state index contributed by atoms with van der Waals surface area (Å²) in [6.07, 6.45) is 13.1. The van der Waals surface area contributed by atoms with E-state index in [0.29, 0.717) is 0 Å². The van der Waals surface area contributed by atoms with E-state index in [1.165, 1.54) is 64.2 Å². The molecule has 0 aliphatic carbocycles. The van der Waals surface area contributed by atoms with Crippen LogP contribution >= 0.6 is 0 Å². The van der Waals surface area contributed by atoms with Crippen molar-refractivity contribution in [1.82, 2.24) is 0 Å². The van der Waals surface area contributed by atoms with Crippen molar-refractivity contribution in [1.29, 1.82) is 0 Å². The summed E-state index contributed by atoms with van der Waals surface area (Å²) in [7, 11) is 0. The number of rotatable bonds is 14. The van der Waals surface area contributed by atoms with Gasteiger partial charge in [-0.2, -0.15) is 0 Å². The predicted molar refractivity (Wildman–Crippen MR) is 86.9 cm³/mol. The molecule has 0 atom stereocenters. The third-order valence-corrected chi connectivity index (χ3v) is 8.53. The molecule has 0 fully saturated rings. The zero-order valence-corrected chi connectivity index (χ0v) is 16.7. The number of hydrogen-bond acceptors (Lipinski definition) is 2. The monoisotopic (exact) mass is 380 g/mol. The molecule has 0 aromatic heterocycles. The van der Waals surface area contributed by atoms with E-state index < -0.39 is 19.2 Å². The van der Waals surface area contributed by atoms with E-state index in [-0.39, 0.29) is 0 Å². The predicted octanol–water partition coefficient (Wildman–Crippen LogP) is 5.66. The van der Waals surface area contributed by atoms with Gasteiger partial charge in [0.25, 0.3) is 0 Å². The van der Waals surface area contributed by atoms with Crippen LogP contribution < -0.4 is 0 Å². The molecule has 2 nitrogen and oxygen atoms in total. The fourth-order valence-electron chi connectivity index (χ4n) is 2.09. The first-order valence-electron chi connectivity index (χ1n) is 8.40. The van der Waals surface area contributed by atoms with Crippen molar-refractivity contribution in [2.24, 2.45) is 0 Å². The summed E-state index contributed by atoms with van der Waals surface area (Å²) in [5, 5.41) is 0. The minimum absolute atomic E-state index is 0.919. The topological polar surface area (TPSA) is 18.5 Å². The summed E-state index contributed by atoms with van der Waals surface area (Å²) in [4.78, 5) is 4.49. The molecule has 3 heteroatoms. The molecule has 0 saturated carbocycles. The maximum absolute atomic E-state index is 6.03. The molecule has 0 aromatic carbocycles.